The molecule has 0 radical (unpaired) electrons. The molecule has 2 rings (SSSR count). The Hall–Kier alpha value is -2.16. The Morgan fingerprint density at radius 1 is 1.14 bits per heavy atom. The van der Waals surface area contributed by atoms with Gasteiger partial charge in [-0.2, -0.15) is 0 Å². The number of aryl methyl sites for hydroxylation is 1. The number of hydrogen-bond donors (Lipinski definition) is 1. The molecule has 0 spiro atoms. The van der Waals surface area contributed by atoms with Gasteiger partial charge in [-0.1, -0.05) is 44.2 Å². The Morgan fingerprint density at radius 2 is 1.86 bits per heavy atom. The van der Waals surface area contributed by atoms with Crippen LogP contribution in [0.1, 0.15) is 36.3 Å². The highest BCUT2D eigenvalue weighted by Gasteiger charge is 2.11. The van der Waals surface area contributed by atoms with Crippen LogP contribution < -0.4 is 5.32 Å². The Labute approximate surface area is 126 Å². The number of hydrogen-bond acceptors (Lipinski definition) is 2. The molecule has 0 aliphatic heterocycles. The number of benzene rings is 1. The summed E-state index contributed by atoms with van der Waals surface area (Å²) in [7, 11) is 0. The first-order valence-corrected chi connectivity index (χ1v) is 7.39. The predicted octanol–water partition coefficient (Wildman–Crippen LogP) is 3.83. The highest BCUT2D eigenvalue weighted by Crippen LogP contribution is 2.18. The summed E-state index contributed by atoms with van der Waals surface area (Å²) in [5, 5.41) is 2.95. The van der Waals surface area contributed by atoms with Crippen molar-refractivity contribution in [2.75, 3.05) is 6.54 Å². The molecule has 0 fully saturated rings. The SMILES string of the molecule is Cc1nc(-c2ccccc2)ccc1C(=O)NCCC(C)C. The van der Waals surface area contributed by atoms with Crippen molar-refractivity contribution in [1.29, 1.82) is 0 Å². The standard InChI is InChI=1S/C18H22N2O/c1-13(2)11-12-19-18(21)16-9-10-17(20-14(16)3)15-7-5-4-6-8-15/h4-10,13H,11-12H2,1-3H3,(H,19,21). The molecule has 1 aromatic carbocycles. The molecule has 3 heteroatoms. The molecule has 1 heterocycles. The number of aromatic nitrogens is 1. The third kappa shape index (κ3) is 4.15. The summed E-state index contributed by atoms with van der Waals surface area (Å²) in [5.41, 5.74) is 3.37. The van der Waals surface area contributed by atoms with Gasteiger partial charge in [0.1, 0.15) is 0 Å². The number of rotatable bonds is 5. The molecule has 0 saturated carbocycles. The Morgan fingerprint density at radius 3 is 2.48 bits per heavy atom. The van der Waals surface area contributed by atoms with Gasteiger partial charge in [0.25, 0.3) is 5.91 Å². The molecule has 1 aromatic heterocycles. The summed E-state index contributed by atoms with van der Waals surface area (Å²) in [6.07, 6.45) is 0.986. The fourth-order valence-corrected chi connectivity index (χ4v) is 2.14. The van der Waals surface area contributed by atoms with Crippen molar-refractivity contribution in [2.24, 2.45) is 5.92 Å². The largest absolute Gasteiger partial charge is 0.352 e. The maximum absolute atomic E-state index is 12.1. The molecule has 0 bridgehead atoms. The van der Waals surface area contributed by atoms with Crippen LogP contribution in [0.3, 0.4) is 0 Å². The Kier molecular flexibility index (Phi) is 5.09. The molecule has 0 aliphatic carbocycles. The first-order chi connectivity index (χ1) is 10.1. The molecule has 0 unspecified atom stereocenters. The van der Waals surface area contributed by atoms with Crippen LogP contribution in [-0.4, -0.2) is 17.4 Å². The first kappa shape index (κ1) is 15.2. The Bertz CT molecular complexity index is 606. The number of nitrogens with zero attached hydrogens (tertiary/aromatic N) is 1. The van der Waals surface area contributed by atoms with Crippen LogP contribution in [0.15, 0.2) is 42.5 Å². The third-order valence-corrected chi connectivity index (χ3v) is 3.41. The second-order valence-corrected chi connectivity index (χ2v) is 5.63. The summed E-state index contributed by atoms with van der Waals surface area (Å²) in [5.74, 6) is 0.547. The van der Waals surface area contributed by atoms with E-state index in [1.54, 1.807) is 0 Å². The van der Waals surface area contributed by atoms with Gasteiger partial charge in [0, 0.05) is 12.1 Å². The molecule has 21 heavy (non-hydrogen) atoms. The van der Waals surface area contributed by atoms with E-state index < -0.39 is 0 Å². The van der Waals surface area contributed by atoms with Gasteiger partial charge in [-0.05, 0) is 31.4 Å². The lowest BCUT2D eigenvalue weighted by atomic mass is 10.1. The molecule has 3 nitrogen and oxygen atoms in total. The van der Waals surface area contributed by atoms with Crippen molar-refractivity contribution in [3.63, 3.8) is 0 Å². The monoisotopic (exact) mass is 282 g/mol. The van der Waals surface area contributed by atoms with E-state index in [2.05, 4.69) is 24.1 Å². The van der Waals surface area contributed by atoms with E-state index in [-0.39, 0.29) is 5.91 Å². The van der Waals surface area contributed by atoms with Gasteiger partial charge < -0.3 is 5.32 Å². The molecule has 0 aliphatic rings. The van der Waals surface area contributed by atoms with Crippen LogP contribution in [0.5, 0.6) is 0 Å². The molecule has 1 N–H and O–H groups in total. The minimum Gasteiger partial charge on any atom is -0.352 e. The van der Waals surface area contributed by atoms with Crippen molar-refractivity contribution in [2.45, 2.75) is 27.2 Å². The van der Waals surface area contributed by atoms with E-state index in [1.807, 2.05) is 49.4 Å². The zero-order chi connectivity index (χ0) is 15.2. The van der Waals surface area contributed by atoms with Gasteiger partial charge in [-0.15, -0.1) is 0 Å². The Balaban J connectivity index is 2.11. The van der Waals surface area contributed by atoms with Crippen molar-refractivity contribution < 1.29 is 4.79 Å². The van der Waals surface area contributed by atoms with E-state index in [4.69, 9.17) is 0 Å². The van der Waals surface area contributed by atoms with Gasteiger partial charge in [0.05, 0.1) is 17.0 Å². The van der Waals surface area contributed by atoms with E-state index in [1.165, 1.54) is 0 Å². The molecular formula is C18H22N2O. The van der Waals surface area contributed by atoms with Gasteiger partial charge in [0.2, 0.25) is 0 Å². The van der Waals surface area contributed by atoms with Gasteiger partial charge in [-0.25, -0.2) is 0 Å². The summed E-state index contributed by atoms with van der Waals surface area (Å²) in [6.45, 7) is 6.88. The van der Waals surface area contributed by atoms with Crippen molar-refractivity contribution in [1.82, 2.24) is 10.3 Å². The molecule has 0 atom stereocenters. The quantitative estimate of drug-likeness (QED) is 0.905. The average molecular weight is 282 g/mol. The van der Waals surface area contributed by atoms with Crippen LogP contribution in [0.25, 0.3) is 11.3 Å². The zero-order valence-electron chi connectivity index (χ0n) is 12.9. The fourth-order valence-electron chi connectivity index (χ4n) is 2.14. The summed E-state index contributed by atoms with van der Waals surface area (Å²) < 4.78 is 0. The minimum absolute atomic E-state index is 0.0414. The summed E-state index contributed by atoms with van der Waals surface area (Å²) >= 11 is 0. The van der Waals surface area contributed by atoms with E-state index in [0.717, 1.165) is 23.4 Å². The normalized spacial score (nSPS) is 10.7. The molecule has 0 saturated heterocycles. The lowest BCUT2D eigenvalue weighted by Gasteiger charge is -2.10. The van der Waals surface area contributed by atoms with E-state index in [9.17, 15) is 4.79 Å². The van der Waals surface area contributed by atoms with Crippen molar-refractivity contribution >= 4 is 5.91 Å². The van der Waals surface area contributed by atoms with E-state index >= 15 is 0 Å². The fraction of sp³-hybridized carbons (Fsp3) is 0.333. The molecular weight excluding hydrogens is 260 g/mol. The highest BCUT2D eigenvalue weighted by molar-refractivity contribution is 5.95. The van der Waals surface area contributed by atoms with Gasteiger partial charge >= 0.3 is 0 Å². The molecule has 2 aromatic rings. The van der Waals surface area contributed by atoms with Crippen LogP contribution in [0.2, 0.25) is 0 Å². The number of carbonyl (C=O) groups is 1. The summed E-state index contributed by atoms with van der Waals surface area (Å²) in [6, 6.07) is 13.7. The van der Waals surface area contributed by atoms with Gasteiger partial charge in [-0.3, -0.25) is 9.78 Å². The minimum atomic E-state index is -0.0414. The van der Waals surface area contributed by atoms with E-state index in [0.29, 0.717) is 18.0 Å². The van der Waals surface area contributed by atoms with Crippen molar-refractivity contribution in [3.8, 4) is 11.3 Å². The second kappa shape index (κ2) is 7.02. The number of amides is 1. The van der Waals surface area contributed by atoms with Crippen LogP contribution in [0.4, 0.5) is 0 Å². The molecule has 1 amide bonds. The lowest BCUT2D eigenvalue weighted by Crippen LogP contribution is -2.26. The lowest BCUT2D eigenvalue weighted by molar-refractivity contribution is 0.0951. The topological polar surface area (TPSA) is 42.0 Å². The van der Waals surface area contributed by atoms with Crippen LogP contribution in [0, 0.1) is 12.8 Å². The summed E-state index contributed by atoms with van der Waals surface area (Å²) in [4.78, 5) is 16.7. The maximum atomic E-state index is 12.1. The van der Waals surface area contributed by atoms with Gasteiger partial charge in [0.15, 0.2) is 0 Å². The first-order valence-electron chi connectivity index (χ1n) is 7.39. The number of nitrogens with one attached hydrogen (secondary N) is 1. The number of carbonyl (C=O) groups excluding carboxylic acids is 1. The van der Waals surface area contributed by atoms with Crippen LogP contribution >= 0.6 is 0 Å². The number of pyridine rings is 1. The maximum Gasteiger partial charge on any atom is 0.253 e. The third-order valence-electron chi connectivity index (χ3n) is 3.41. The predicted molar refractivity (Wildman–Crippen MR) is 86.2 cm³/mol. The van der Waals surface area contributed by atoms with Crippen molar-refractivity contribution in [3.05, 3.63) is 53.7 Å². The average Bonchev–Trinajstić information content (AvgIpc) is 2.47. The smallest absolute Gasteiger partial charge is 0.253 e. The highest BCUT2D eigenvalue weighted by atomic mass is 16.1. The molecule has 110 valence electrons. The zero-order valence-corrected chi connectivity index (χ0v) is 12.9. The second-order valence-electron chi connectivity index (χ2n) is 5.63. The van der Waals surface area contributed by atoms with Crippen LogP contribution in [-0.2, 0) is 0 Å².